The van der Waals surface area contributed by atoms with Crippen LogP contribution >= 0.6 is 0 Å². The van der Waals surface area contributed by atoms with Gasteiger partial charge < -0.3 is 14.7 Å². The normalized spacial score (nSPS) is 20.5. The lowest BCUT2D eigenvalue weighted by Gasteiger charge is -2.26. The molecule has 6 heteroatoms. The van der Waals surface area contributed by atoms with Gasteiger partial charge in [-0.2, -0.15) is 0 Å². The number of ether oxygens (including phenoxy) is 1. The molecule has 0 saturated carbocycles. The summed E-state index contributed by atoms with van der Waals surface area (Å²) in [5, 5.41) is 8.94. The van der Waals surface area contributed by atoms with Crippen molar-refractivity contribution in [1.82, 2.24) is 9.97 Å². The Morgan fingerprint density at radius 2 is 2.17 bits per heavy atom. The molecule has 0 amide bonds. The third kappa shape index (κ3) is 3.11. The van der Waals surface area contributed by atoms with Crippen LogP contribution in [0.5, 0.6) is 5.75 Å². The van der Waals surface area contributed by atoms with Crippen molar-refractivity contribution in [1.29, 1.82) is 0 Å². The van der Waals surface area contributed by atoms with Crippen molar-refractivity contribution in [3.8, 4) is 5.75 Å². The highest BCUT2D eigenvalue weighted by atomic mass is 16.5. The summed E-state index contributed by atoms with van der Waals surface area (Å²) in [6.07, 6.45) is 3.85. The molecule has 0 bridgehead atoms. The zero-order valence-electron chi connectivity index (χ0n) is 13.1. The summed E-state index contributed by atoms with van der Waals surface area (Å²) in [6, 6.07) is 8.21. The maximum absolute atomic E-state index is 10.9. The second kappa shape index (κ2) is 6.24. The number of carboxylic acids is 1. The Morgan fingerprint density at radius 3 is 2.83 bits per heavy atom. The van der Waals surface area contributed by atoms with Gasteiger partial charge in [0.1, 0.15) is 11.6 Å². The number of hydrogen-bond donors (Lipinski definition) is 1. The van der Waals surface area contributed by atoms with E-state index in [2.05, 4.69) is 27.9 Å². The van der Waals surface area contributed by atoms with E-state index in [0.29, 0.717) is 11.7 Å². The van der Waals surface area contributed by atoms with Crippen LogP contribution in [0.2, 0.25) is 0 Å². The molecule has 2 atom stereocenters. The molecular formula is C17H19N3O3. The number of aromatic nitrogens is 2. The molecule has 1 N–H and O–H groups in total. The first-order chi connectivity index (χ1) is 11.1. The van der Waals surface area contributed by atoms with Crippen LogP contribution in [0.1, 0.15) is 35.4 Å². The van der Waals surface area contributed by atoms with Gasteiger partial charge in [-0.1, -0.05) is 19.1 Å². The lowest BCUT2D eigenvalue weighted by molar-refractivity contribution is 0.0690. The maximum atomic E-state index is 10.9. The highest BCUT2D eigenvalue weighted by molar-refractivity contribution is 5.84. The van der Waals surface area contributed by atoms with Gasteiger partial charge in [-0.25, -0.2) is 14.8 Å². The van der Waals surface area contributed by atoms with Crippen molar-refractivity contribution in [3.05, 3.63) is 47.9 Å². The predicted molar refractivity (Wildman–Crippen MR) is 85.9 cm³/mol. The number of methoxy groups -OCH3 is 1. The van der Waals surface area contributed by atoms with Crippen LogP contribution in [0.4, 0.5) is 5.82 Å². The molecule has 1 fully saturated rings. The van der Waals surface area contributed by atoms with Crippen LogP contribution in [0.15, 0.2) is 36.7 Å². The number of nitrogens with zero attached hydrogens (tertiary/aromatic N) is 3. The minimum atomic E-state index is -1.07. The fraction of sp³-hybridized carbons (Fsp3) is 0.353. The van der Waals surface area contributed by atoms with Crippen LogP contribution in [0.25, 0.3) is 0 Å². The summed E-state index contributed by atoms with van der Waals surface area (Å²) in [5.74, 6) is 0.983. The minimum Gasteiger partial charge on any atom is -0.497 e. The molecule has 6 nitrogen and oxygen atoms in total. The van der Waals surface area contributed by atoms with E-state index in [1.54, 1.807) is 7.11 Å². The first-order valence-corrected chi connectivity index (χ1v) is 7.54. The number of aromatic carboxylic acids is 1. The first-order valence-electron chi connectivity index (χ1n) is 7.54. The Bertz CT molecular complexity index is 702. The fourth-order valence-electron chi connectivity index (χ4n) is 3.04. The molecule has 2 unspecified atom stereocenters. The Balaban J connectivity index is 1.91. The van der Waals surface area contributed by atoms with Crippen molar-refractivity contribution in [3.63, 3.8) is 0 Å². The van der Waals surface area contributed by atoms with E-state index in [1.807, 2.05) is 18.2 Å². The molecule has 1 aliphatic rings. The standard InChI is InChI=1S/C17H19N3O3/c1-11-6-15(12-4-3-5-13(7-12)23-2)20(10-11)16-9-18-14(8-19-16)17(21)22/h3-5,7-9,11,15H,6,10H2,1-2H3,(H,21,22). The third-order valence-electron chi connectivity index (χ3n) is 4.14. The summed E-state index contributed by atoms with van der Waals surface area (Å²) in [6.45, 7) is 3.06. The van der Waals surface area contributed by atoms with Gasteiger partial charge in [0.15, 0.2) is 5.69 Å². The van der Waals surface area contributed by atoms with Gasteiger partial charge in [-0.15, -0.1) is 0 Å². The van der Waals surface area contributed by atoms with Crippen LogP contribution < -0.4 is 9.64 Å². The van der Waals surface area contributed by atoms with Gasteiger partial charge in [0.25, 0.3) is 0 Å². The summed E-state index contributed by atoms with van der Waals surface area (Å²) in [7, 11) is 1.66. The van der Waals surface area contributed by atoms with E-state index in [1.165, 1.54) is 12.4 Å². The molecule has 2 heterocycles. The fourth-order valence-corrected chi connectivity index (χ4v) is 3.04. The SMILES string of the molecule is COc1cccc(C2CC(C)CN2c2cnc(C(=O)O)cn2)c1. The molecule has 1 aromatic carbocycles. The predicted octanol–water partition coefficient (Wildman–Crippen LogP) is 2.77. The zero-order chi connectivity index (χ0) is 16.4. The lowest BCUT2D eigenvalue weighted by atomic mass is 10.0. The minimum absolute atomic E-state index is 0.0427. The van der Waals surface area contributed by atoms with Crippen LogP contribution in [0.3, 0.4) is 0 Å². The van der Waals surface area contributed by atoms with Crippen LogP contribution in [-0.2, 0) is 0 Å². The van der Waals surface area contributed by atoms with Crippen molar-refractivity contribution < 1.29 is 14.6 Å². The van der Waals surface area contributed by atoms with E-state index in [4.69, 9.17) is 9.84 Å². The first kappa shape index (κ1) is 15.3. The number of carbonyl (C=O) groups is 1. The Kier molecular flexibility index (Phi) is 4.14. The van der Waals surface area contributed by atoms with Crippen molar-refractivity contribution in [2.75, 3.05) is 18.6 Å². The van der Waals surface area contributed by atoms with Gasteiger partial charge in [-0.05, 0) is 30.0 Å². The largest absolute Gasteiger partial charge is 0.497 e. The Hall–Kier alpha value is -2.63. The highest BCUT2D eigenvalue weighted by Crippen LogP contribution is 2.38. The number of hydrogen-bond acceptors (Lipinski definition) is 5. The number of benzene rings is 1. The second-order valence-electron chi connectivity index (χ2n) is 5.85. The van der Waals surface area contributed by atoms with E-state index in [-0.39, 0.29) is 11.7 Å². The maximum Gasteiger partial charge on any atom is 0.356 e. The summed E-state index contributed by atoms with van der Waals surface area (Å²) in [5.41, 5.74) is 1.12. The summed E-state index contributed by atoms with van der Waals surface area (Å²) in [4.78, 5) is 21.4. The average molecular weight is 313 g/mol. The van der Waals surface area contributed by atoms with Crippen molar-refractivity contribution >= 4 is 11.8 Å². The molecule has 23 heavy (non-hydrogen) atoms. The van der Waals surface area contributed by atoms with Crippen LogP contribution in [0, 0.1) is 5.92 Å². The zero-order valence-corrected chi connectivity index (χ0v) is 13.1. The van der Waals surface area contributed by atoms with Gasteiger partial charge in [0, 0.05) is 6.54 Å². The molecule has 0 aliphatic carbocycles. The monoisotopic (exact) mass is 313 g/mol. The van der Waals surface area contributed by atoms with Gasteiger partial charge in [-0.3, -0.25) is 0 Å². The second-order valence-corrected chi connectivity index (χ2v) is 5.85. The topological polar surface area (TPSA) is 75.5 Å². The van der Waals surface area contributed by atoms with E-state index >= 15 is 0 Å². The average Bonchev–Trinajstić information content (AvgIpc) is 2.97. The lowest BCUT2D eigenvalue weighted by Crippen LogP contribution is -2.24. The van der Waals surface area contributed by atoms with Gasteiger partial charge in [0.05, 0.1) is 25.5 Å². The molecule has 1 aromatic heterocycles. The number of anilines is 1. The third-order valence-corrected chi connectivity index (χ3v) is 4.14. The molecule has 1 aliphatic heterocycles. The van der Waals surface area contributed by atoms with E-state index in [0.717, 1.165) is 24.3 Å². The van der Waals surface area contributed by atoms with E-state index < -0.39 is 5.97 Å². The number of carboxylic acid groups (broad SMARTS) is 1. The smallest absolute Gasteiger partial charge is 0.356 e. The molecule has 2 aromatic rings. The summed E-state index contributed by atoms with van der Waals surface area (Å²) >= 11 is 0. The van der Waals surface area contributed by atoms with E-state index in [9.17, 15) is 4.79 Å². The molecule has 0 spiro atoms. The highest BCUT2D eigenvalue weighted by Gasteiger charge is 2.32. The van der Waals surface area contributed by atoms with Gasteiger partial charge in [0.2, 0.25) is 0 Å². The number of rotatable bonds is 4. The van der Waals surface area contributed by atoms with Crippen molar-refractivity contribution in [2.24, 2.45) is 5.92 Å². The molecule has 3 rings (SSSR count). The quantitative estimate of drug-likeness (QED) is 0.935. The Labute approximate surface area is 134 Å². The molecular weight excluding hydrogens is 294 g/mol. The van der Waals surface area contributed by atoms with Crippen molar-refractivity contribution in [2.45, 2.75) is 19.4 Å². The molecule has 1 saturated heterocycles. The van der Waals surface area contributed by atoms with Crippen LogP contribution in [-0.4, -0.2) is 34.7 Å². The molecule has 0 radical (unpaired) electrons. The summed E-state index contributed by atoms with van der Waals surface area (Å²) < 4.78 is 5.31. The Morgan fingerprint density at radius 1 is 1.35 bits per heavy atom. The van der Waals surface area contributed by atoms with Gasteiger partial charge >= 0.3 is 5.97 Å². The molecule has 120 valence electrons.